The maximum atomic E-state index is 5.57. The van der Waals surface area contributed by atoms with Crippen molar-refractivity contribution in [2.24, 2.45) is 0 Å². The molecule has 0 spiro atoms. The summed E-state index contributed by atoms with van der Waals surface area (Å²) in [6.45, 7) is 10.9. The van der Waals surface area contributed by atoms with Crippen LogP contribution in [-0.2, 0) is 14.2 Å². The molecule has 0 radical (unpaired) electrons. The van der Waals surface area contributed by atoms with Gasteiger partial charge in [0.25, 0.3) is 0 Å². The molecule has 0 N–H and O–H groups in total. The van der Waals surface area contributed by atoms with Crippen LogP contribution in [0.2, 0.25) is 0 Å². The molecule has 1 rings (SSSR count). The third-order valence-electron chi connectivity index (χ3n) is 3.26. The first kappa shape index (κ1) is 13.9. The highest BCUT2D eigenvalue weighted by molar-refractivity contribution is 4.50. The summed E-state index contributed by atoms with van der Waals surface area (Å²) in [6, 6.07) is 0. The van der Waals surface area contributed by atoms with Gasteiger partial charge in [-0.25, -0.2) is 0 Å². The standard InChI is InChI=1S/C12H26NO3/c1-3-4-13(5-8-15-9-6-13)7-10-16-12-11-14-2/h3-12H2,1-2H3/q+1. The molecule has 16 heavy (non-hydrogen) atoms. The predicted molar refractivity (Wildman–Crippen MR) is 63.5 cm³/mol. The monoisotopic (exact) mass is 232 g/mol. The number of hydrogen-bond donors (Lipinski definition) is 0. The van der Waals surface area contributed by atoms with Crippen LogP contribution < -0.4 is 0 Å². The number of quaternary nitrogens is 1. The third kappa shape index (κ3) is 4.78. The number of morpholine rings is 1. The second kappa shape index (κ2) is 8.01. The molecule has 1 heterocycles. The molecule has 1 aliphatic rings. The van der Waals surface area contributed by atoms with Gasteiger partial charge in [-0.2, -0.15) is 0 Å². The van der Waals surface area contributed by atoms with Crippen molar-refractivity contribution >= 4 is 0 Å². The van der Waals surface area contributed by atoms with Crippen molar-refractivity contribution in [3.8, 4) is 0 Å². The first-order chi connectivity index (χ1) is 7.83. The van der Waals surface area contributed by atoms with E-state index in [2.05, 4.69) is 6.92 Å². The summed E-state index contributed by atoms with van der Waals surface area (Å²) >= 11 is 0. The van der Waals surface area contributed by atoms with Crippen LogP contribution in [0.1, 0.15) is 13.3 Å². The molecule has 0 bridgehead atoms. The van der Waals surface area contributed by atoms with E-state index < -0.39 is 0 Å². The summed E-state index contributed by atoms with van der Waals surface area (Å²) in [5.41, 5.74) is 0. The van der Waals surface area contributed by atoms with Crippen molar-refractivity contribution in [2.45, 2.75) is 13.3 Å². The molecule has 4 nitrogen and oxygen atoms in total. The van der Waals surface area contributed by atoms with Gasteiger partial charge in [-0.15, -0.1) is 0 Å². The third-order valence-corrected chi connectivity index (χ3v) is 3.26. The molecule has 0 atom stereocenters. The minimum Gasteiger partial charge on any atom is -0.382 e. The van der Waals surface area contributed by atoms with Crippen molar-refractivity contribution in [1.82, 2.24) is 0 Å². The van der Waals surface area contributed by atoms with Gasteiger partial charge in [0.05, 0.1) is 39.6 Å². The highest BCUT2D eigenvalue weighted by Gasteiger charge is 2.28. The molecule has 0 aromatic carbocycles. The molecule has 0 saturated carbocycles. The van der Waals surface area contributed by atoms with Crippen LogP contribution in [0, 0.1) is 0 Å². The smallest absolute Gasteiger partial charge is 0.103 e. The number of nitrogens with zero attached hydrogens (tertiary/aromatic N) is 1. The molecule has 1 fully saturated rings. The highest BCUT2D eigenvalue weighted by atomic mass is 16.5. The lowest BCUT2D eigenvalue weighted by atomic mass is 10.2. The molecule has 0 aromatic heterocycles. The Balaban J connectivity index is 2.21. The topological polar surface area (TPSA) is 27.7 Å². The highest BCUT2D eigenvalue weighted by Crippen LogP contribution is 2.12. The van der Waals surface area contributed by atoms with Crippen molar-refractivity contribution in [2.75, 3.05) is 66.3 Å². The van der Waals surface area contributed by atoms with Crippen molar-refractivity contribution in [3.05, 3.63) is 0 Å². The zero-order valence-corrected chi connectivity index (χ0v) is 10.7. The van der Waals surface area contributed by atoms with Crippen molar-refractivity contribution < 1.29 is 18.7 Å². The maximum absolute atomic E-state index is 5.57. The van der Waals surface area contributed by atoms with Crippen LogP contribution in [0.4, 0.5) is 0 Å². The Hall–Kier alpha value is -0.160. The van der Waals surface area contributed by atoms with Crippen LogP contribution in [-0.4, -0.2) is 70.8 Å². The number of methoxy groups -OCH3 is 1. The SMILES string of the molecule is CCC[N+]1(CCOCCOC)CCOCC1. The van der Waals surface area contributed by atoms with E-state index in [0.29, 0.717) is 13.2 Å². The fraction of sp³-hybridized carbons (Fsp3) is 1.00. The van der Waals surface area contributed by atoms with E-state index in [1.807, 2.05) is 0 Å². The van der Waals surface area contributed by atoms with E-state index in [0.717, 1.165) is 39.5 Å². The fourth-order valence-electron chi connectivity index (χ4n) is 2.27. The molecule has 1 aliphatic heterocycles. The van der Waals surface area contributed by atoms with Gasteiger partial charge < -0.3 is 18.7 Å². The Morgan fingerprint density at radius 3 is 2.44 bits per heavy atom. The summed E-state index contributed by atoms with van der Waals surface area (Å²) in [5, 5.41) is 0. The molecule has 1 saturated heterocycles. The van der Waals surface area contributed by atoms with Gasteiger partial charge in [-0.1, -0.05) is 6.92 Å². The molecule has 0 aliphatic carbocycles. The zero-order valence-electron chi connectivity index (χ0n) is 10.7. The normalized spacial score (nSPS) is 19.9. The van der Waals surface area contributed by atoms with Gasteiger partial charge in [0.2, 0.25) is 0 Å². The van der Waals surface area contributed by atoms with Crippen LogP contribution in [0.5, 0.6) is 0 Å². The van der Waals surface area contributed by atoms with Gasteiger partial charge in [0.1, 0.15) is 19.6 Å². The van der Waals surface area contributed by atoms with E-state index in [1.165, 1.54) is 17.4 Å². The Kier molecular flexibility index (Phi) is 6.96. The van der Waals surface area contributed by atoms with E-state index in [4.69, 9.17) is 14.2 Å². The summed E-state index contributed by atoms with van der Waals surface area (Å²) < 4.78 is 17.1. The Bertz CT molecular complexity index is 164. The average Bonchev–Trinajstić information content (AvgIpc) is 2.30. The number of ether oxygens (including phenoxy) is 3. The molecular weight excluding hydrogens is 206 g/mol. The lowest BCUT2D eigenvalue weighted by molar-refractivity contribution is -0.935. The van der Waals surface area contributed by atoms with E-state index in [1.54, 1.807) is 7.11 Å². The second-order valence-corrected chi connectivity index (χ2v) is 4.45. The first-order valence-corrected chi connectivity index (χ1v) is 6.32. The summed E-state index contributed by atoms with van der Waals surface area (Å²) in [5.74, 6) is 0. The molecule has 0 unspecified atom stereocenters. The quantitative estimate of drug-likeness (QED) is 0.460. The van der Waals surface area contributed by atoms with Crippen LogP contribution >= 0.6 is 0 Å². The average molecular weight is 232 g/mol. The predicted octanol–water partition coefficient (Wildman–Crippen LogP) is 0.906. The lowest BCUT2D eigenvalue weighted by Gasteiger charge is -2.41. The van der Waals surface area contributed by atoms with Crippen molar-refractivity contribution in [3.63, 3.8) is 0 Å². The molecule has 0 amide bonds. The van der Waals surface area contributed by atoms with Gasteiger partial charge in [-0.05, 0) is 6.42 Å². The number of hydrogen-bond acceptors (Lipinski definition) is 3. The minimum atomic E-state index is 0.691. The summed E-state index contributed by atoms with van der Waals surface area (Å²) in [6.07, 6.45) is 1.23. The van der Waals surface area contributed by atoms with Gasteiger partial charge in [-0.3, -0.25) is 0 Å². The lowest BCUT2D eigenvalue weighted by Crippen LogP contribution is -2.56. The molecule has 4 heteroatoms. The molecular formula is C12H26NO3+. The zero-order chi connectivity index (χ0) is 11.7. The summed E-state index contributed by atoms with van der Waals surface area (Å²) in [4.78, 5) is 0. The fourth-order valence-corrected chi connectivity index (χ4v) is 2.27. The largest absolute Gasteiger partial charge is 0.382 e. The molecule has 96 valence electrons. The number of rotatable bonds is 8. The first-order valence-electron chi connectivity index (χ1n) is 6.32. The van der Waals surface area contributed by atoms with Crippen LogP contribution in [0.15, 0.2) is 0 Å². The molecule has 0 aromatic rings. The van der Waals surface area contributed by atoms with Crippen LogP contribution in [0.25, 0.3) is 0 Å². The maximum Gasteiger partial charge on any atom is 0.103 e. The minimum absolute atomic E-state index is 0.691. The second-order valence-electron chi connectivity index (χ2n) is 4.45. The van der Waals surface area contributed by atoms with Gasteiger partial charge in [0, 0.05) is 7.11 Å². The Morgan fingerprint density at radius 1 is 1.06 bits per heavy atom. The van der Waals surface area contributed by atoms with E-state index >= 15 is 0 Å². The van der Waals surface area contributed by atoms with Gasteiger partial charge in [0.15, 0.2) is 0 Å². The summed E-state index contributed by atoms with van der Waals surface area (Å²) in [7, 11) is 1.70. The Morgan fingerprint density at radius 2 is 1.81 bits per heavy atom. The Labute approximate surface area is 99.1 Å². The van der Waals surface area contributed by atoms with Gasteiger partial charge >= 0.3 is 0 Å². The van der Waals surface area contributed by atoms with E-state index in [9.17, 15) is 0 Å². The van der Waals surface area contributed by atoms with Crippen LogP contribution in [0.3, 0.4) is 0 Å². The van der Waals surface area contributed by atoms with Crippen molar-refractivity contribution in [1.29, 1.82) is 0 Å². The van der Waals surface area contributed by atoms with E-state index in [-0.39, 0.29) is 0 Å².